The molecule has 0 spiro atoms. The van der Waals surface area contributed by atoms with Gasteiger partial charge in [0.2, 0.25) is 0 Å². The van der Waals surface area contributed by atoms with Crippen LogP contribution in [-0.4, -0.2) is 28.9 Å². The van der Waals surface area contributed by atoms with Gasteiger partial charge >= 0.3 is 0 Å². The third-order valence-electron chi connectivity index (χ3n) is 2.74. The summed E-state index contributed by atoms with van der Waals surface area (Å²) in [5, 5.41) is 0. The number of rotatable bonds is 4. The third kappa shape index (κ3) is 2.72. The molecule has 1 N–H and O–H groups in total. The zero-order valence-electron chi connectivity index (χ0n) is 9.99. The van der Waals surface area contributed by atoms with E-state index in [0.717, 1.165) is 12.8 Å². The number of hydrogen-bond acceptors (Lipinski definition) is 2. The van der Waals surface area contributed by atoms with Gasteiger partial charge in [0, 0.05) is 31.5 Å². The molecule has 0 saturated heterocycles. The van der Waals surface area contributed by atoms with Crippen LogP contribution in [0.4, 0.5) is 0 Å². The van der Waals surface area contributed by atoms with Crippen molar-refractivity contribution < 1.29 is 4.79 Å². The van der Waals surface area contributed by atoms with Gasteiger partial charge in [-0.3, -0.25) is 9.59 Å². The summed E-state index contributed by atoms with van der Waals surface area (Å²) >= 11 is 0. The number of amides is 1. The average Bonchev–Trinajstić information content (AvgIpc) is 2.28. The number of hydrogen-bond donors (Lipinski definition) is 1. The van der Waals surface area contributed by atoms with E-state index in [1.807, 2.05) is 6.92 Å². The Morgan fingerprint density at radius 1 is 1.56 bits per heavy atom. The van der Waals surface area contributed by atoms with Gasteiger partial charge in [0.25, 0.3) is 5.91 Å². The van der Waals surface area contributed by atoms with Crippen LogP contribution in [0.5, 0.6) is 0 Å². The van der Waals surface area contributed by atoms with Gasteiger partial charge < -0.3 is 9.88 Å². The highest BCUT2D eigenvalue weighted by Crippen LogP contribution is 2.07. The molecular weight excluding hydrogens is 204 g/mol. The van der Waals surface area contributed by atoms with Crippen LogP contribution >= 0.6 is 0 Å². The normalized spacial score (nSPS) is 12.2. The fraction of sp³-hybridized carbons (Fsp3) is 0.500. The first-order valence-corrected chi connectivity index (χ1v) is 5.52. The molecule has 16 heavy (non-hydrogen) atoms. The Morgan fingerprint density at radius 3 is 2.81 bits per heavy atom. The first kappa shape index (κ1) is 12.5. The Morgan fingerprint density at radius 2 is 2.25 bits per heavy atom. The predicted octanol–water partition coefficient (Wildman–Crippen LogP) is 1.64. The summed E-state index contributed by atoms with van der Waals surface area (Å²) in [5.41, 5.74) is -0.0350. The molecule has 1 atom stereocenters. The van der Waals surface area contributed by atoms with Crippen LogP contribution in [0.3, 0.4) is 0 Å². The van der Waals surface area contributed by atoms with Crippen LogP contribution < -0.4 is 5.43 Å². The molecule has 1 heterocycles. The number of aromatic nitrogens is 1. The van der Waals surface area contributed by atoms with Crippen molar-refractivity contribution in [1.29, 1.82) is 0 Å². The summed E-state index contributed by atoms with van der Waals surface area (Å²) in [7, 11) is 1.73. The van der Waals surface area contributed by atoms with E-state index in [1.54, 1.807) is 11.9 Å². The monoisotopic (exact) mass is 222 g/mol. The van der Waals surface area contributed by atoms with Gasteiger partial charge in [0.1, 0.15) is 5.56 Å². The van der Waals surface area contributed by atoms with E-state index < -0.39 is 0 Å². The van der Waals surface area contributed by atoms with Crippen molar-refractivity contribution in [3.8, 4) is 0 Å². The minimum atomic E-state index is -0.237. The number of pyridine rings is 1. The molecule has 0 fully saturated rings. The van der Waals surface area contributed by atoms with E-state index in [2.05, 4.69) is 11.9 Å². The van der Waals surface area contributed by atoms with Crippen molar-refractivity contribution >= 4 is 5.91 Å². The highest BCUT2D eigenvalue weighted by molar-refractivity contribution is 5.93. The number of nitrogens with one attached hydrogen (secondary N) is 1. The fourth-order valence-corrected chi connectivity index (χ4v) is 1.58. The molecule has 0 aromatic carbocycles. The lowest BCUT2D eigenvalue weighted by molar-refractivity contribution is 0.0735. The second-order valence-electron chi connectivity index (χ2n) is 3.98. The maximum Gasteiger partial charge on any atom is 0.259 e. The van der Waals surface area contributed by atoms with Crippen LogP contribution in [-0.2, 0) is 0 Å². The molecule has 88 valence electrons. The molecule has 1 aromatic heterocycles. The van der Waals surface area contributed by atoms with Gasteiger partial charge in [-0.2, -0.15) is 0 Å². The van der Waals surface area contributed by atoms with Crippen molar-refractivity contribution in [2.45, 2.75) is 32.7 Å². The molecule has 1 amide bonds. The zero-order chi connectivity index (χ0) is 12.1. The lowest BCUT2D eigenvalue weighted by Gasteiger charge is -2.24. The Labute approximate surface area is 95.3 Å². The van der Waals surface area contributed by atoms with E-state index >= 15 is 0 Å². The second-order valence-corrected chi connectivity index (χ2v) is 3.98. The van der Waals surface area contributed by atoms with Crippen molar-refractivity contribution in [3.63, 3.8) is 0 Å². The van der Waals surface area contributed by atoms with E-state index in [4.69, 9.17) is 0 Å². The second kappa shape index (κ2) is 5.49. The summed E-state index contributed by atoms with van der Waals surface area (Å²) in [6.07, 6.45) is 4.94. The quantitative estimate of drug-likeness (QED) is 0.842. The van der Waals surface area contributed by atoms with E-state index in [9.17, 15) is 9.59 Å². The summed E-state index contributed by atoms with van der Waals surface area (Å²) in [5.74, 6) is -0.220. The average molecular weight is 222 g/mol. The molecule has 1 unspecified atom stereocenters. The molecule has 0 radical (unpaired) electrons. The lowest BCUT2D eigenvalue weighted by Crippen LogP contribution is -2.37. The number of nitrogens with zero attached hydrogens (tertiary/aromatic N) is 1. The van der Waals surface area contributed by atoms with E-state index in [-0.39, 0.29) is 22.9 Å². The van der Waals surface area contributed by atoms with Gasteiger partial charge in [-0.15, -0.1) is 0 Å². The van der Waals surface area contributed by atoms with E-state index in [1.165, 1.54) is 18.5 Å². The van der Waals surface area contributed by atoms with Crippen LogP contribution in [0.15, 0.2) is 23.3 Å². The van der Waals surface area contributed by atoms with Gasteiger partial charge in [0.05, 0.1) is 0 Å². The summed E-state index contributed by atoms with van der Waals surface area (Å²) in [4.78, 5) is 27.8. The third-order valence-corrected chi connectivity index (χ3v) is 2.74. The summed E-state index contributed by atoms with van der Waals surface area (Å²) < 4.78 is 0. The number of aromatic amines is 1. The van der Waals surface area contributed by atoms with Crippen molar-refractivity contribution in [2.75, 3.05) is 7.05 Å². The molecule has 4 nitrogen and oxygen atoms in total. The van der Waals surface area contributed by atoms with Crippen molar-refractivity contribution in [3.05, 3.63) is 34.2 Å². The Kier molecular flexibility index (Phi) is 4.28. The number of carbonyl (C=O) groups excluding carboxylic acids is 1. The van der Waals surface area contributed by atoms with Crippen molar-refractivity contribution in [2.24, 2.45) is 0 Å². The van der Waals surface area contributed by atoms with Crippen molar-refractivity contribution in [1.82, 2.24) is 9.88 Å². The SMILES string of the molecule is CCCC(C)N(C)C(=O)c1c[nH]ccc1=O. The van der Waals surface area contributed by atoms with Gasteiger partial charge in [-0.05, 0) is 13.3 Å². The fourth-order valence-electron chi connectivity index (χ4n) is 1.58. The Hall–Kier alpha value is -1.58. The number of H-pyrrole nitrogens is 1. The van der Waals surface area contributed by atoms with Crippen LogP contribution in [0.2, 0.25) is 0 Å². The maximum atomic E-state index is 12.0. The maximum absolute atomic E-state index is 12.0. The standard InChI is InChI=1S/C12H18N2O2/c1-4-5-9(2)14(3)12(16)10-8-13-7-6-11(10)15/h6-9H,4-5H2,1-3H3,(H,13,15). The Bertz CT molecular complexity index is 411. The topological polar surface area (TPSA) is 53.2 Å². The highest BCUT2D eigenvalue weighted by Gasteiger charge is 2.18. The minimum absolute atomic E-state index is 0.150. The van der Waals surface area contributed by atoms with Gasteiger partial charge in [-0.25, -0.2) is 0 Å². The molecule has 1 aromatic rings. The summed E-state index contributed by atoms with van der Waals surface area (Å²) in [6, 6.07) is 1.52. The smallest absolute Gasteiger partial charge is 0.259 e. The molecule has 4 heteroatoms. The zero-order valence-corrected chi connectivity index (χ0v) is 9.99. The molecule has 1 rings (SSSR count). The number of carbonyl (C=O) groups is 1. The minimum Gasteiger partial charge on any atom is -0.367 e. The van der Waals surface area contributed by atoms with Gasteiger partial charge in [-0.1, -0.05) is 13.3 Å². The molecule has 0 bridgehead atoms. The molecule has 0 aliphatic carbocycles. The van der Waals surface area contributed by atoms with Gasteiger partial charge in [0.15, 0.2) is 5.43 Å². The van der Waals surface area contributed by atoms with Crippen LogP contribution in [0.25, 0.3) is 0 Å². The molecule has 0 aliphatic heterocycles. The first-order valence-electron chi connectivity index (χ1n) is 5.52. The van der Waals surface area contributed by atoms with Crippen LogP contribution in [0.1, 0.15) is 37.0 Å². The molecule has 0 aliphatic rings. The largest absolute Gasteiger partial charge is 0.367 e. The first-order chi connectivity index (χ1) is 7.57. The predicted molar refractivity (Wildman–Crippen MR) is 63.5 cm³/mol. The van der Waals surface area contributed by atoms with Crippen LogP contribution in [0, 0.1) is 0 Å². The Balaban J connectivity index is 2.86. The van der Waals surface area contributed by atoms with E-state index in [0.29, 0.717) is 0 Å². The molecule has 0 saturated carbocycles. The summed E-state index contributed by atoms with van der Waals surface area (Å²) in [6.45, 7) is 4.06. The lowest BCUT2D eigenvalue weighted by atomic mass is 10.1. The molecular formula is C12H18N2O2. The highest BCUT2D eigenvalue weighted by atomic mass is 16.2.